The lowest BCUT2D eigenvalue weighted by Crippen LogP contribution is -2.14. The molecule has 3 aromatic rings. The fourth-order valence-electron chi connectivity index (χ4n) is 1.98. The van der Waals surface area contributed by atoms with Crippen molar-refractivity contribution in [1.82, 2.24) is 19.5 Å². The van der Waals surface area contributed by atoms with E-state index in [1.54, 1.807) is 17.0 Å². The molecule has 0 spiro atoms. The van der Waals surface area contributed by atoms with Gasteiger partial charge in [0.15, 0.2) is 11.6 Å². The number of imidazole rings is 1. The zero-order valence-electron chi connectivity index (χ0n) is 10.5. The van der Waals surface area contributed by atoms with Crippen LogP contribution in [0.5, 0.6) is 0 Å². The quantitative estimate of drug-likeness (QED) is 0.772. The molecule has 7 heteroatoms. The number of fused-ring (bicyclic) bond motifs is 1. The molecule has 3 rings (SSSR count). The molecule has 0 saturated carbocycles. The lowest BCUT2D eigenvalue weighted by molar-refractivity contribution is 0.510. The summed E-state index contributed by atoms with van der Waals surface area (Å²) in [5.41, 5.74) is -0.380. The molecular weight excluding hydrogens is 266 g/mol. The second kappa shape index (κ2) is 4.52. The van der Waals surface area contributed by atoms with Crippen LogP contribution in [0.25, 0.3) is 10.9 Å². The summed E-state index contributed by atoms with van der Waals surface area (Å²) in [6, 6.07) is 1.77. The van der Waals surface area contributed by atoms with E-state index in [9.17, 15) is 13.6 Å². The monoisotopic (exact) mass is 276 g/mol. The molecule has 0 aliphatic rings. The van der Waals surface area contributed by atoms with Gasteiger partial charge in [-0.1, -0.05) is 0 Å². The Labute approximate surface area is 111 Å². The first-order chi connectivity index (χ1) is 9.54. The first kappa shape index (κ1) is 12.5. The molecule has 1 aromatic carbocycles. The highest BCUT2D eigenvalue weighted by Gasteiger charge is 2.11. The molecule has 2 aromatic heterocycles. The lowest BCUT2D eigenvalue weighted by atomic mass is 10.2. The second-order valence-corrected chi connectivity index (χ2v) is 4.43. The van der Waals surface area contributed by atoms with Crippen LogP contribution < -0.4 is 5.56 Å². The van der Waals surface area contributed by atoms with Crippen molar-refractivity contribution in [2.75, 3.05) is 0 Å². The van der Waals surface area contributed by atoms with Crippen LogP contribution in [0.15, 0.2) is 29.3 Å². The minimum atomic E-state index is -1.07. The second-order valence-electron chi connectivity index (χ2n) is 4.43. The molecule has 102 valence electrons. The van der Waals surface area contributed by atoms with Crippen LogP contribution in [-0.4, -0.2) is 19.5 Å². The van der Waals surface area contributed by atoms with Gasteiger partial charge in [0.25, 0.3) is 5.56 Å². The predicted molar refractivity (Wildman–Crippen MR) is 68.3 cm³/mol. The Hall–Kier alpha value is -2.57. The minimum Gasteiger partial charge on any atom is -0.338 e. The Morgan fingerprint density at radius 3 is 2.75 bits per heavy atom. The molecule has 5 nitrogen and oxygen atoms in total. The third-order valence-electron chi connectivity index (χ3n) is 3.04. The first-order valence-corrected chi connectivity index (χ1v) is 5.89. The summed E-state index contributed by atoms with van der Waals surface area (Å²) in [6.45, 7) is 0. The van der Waals surface area contributed by atoms with Crippen molar-refractivity contribution in [3.8, 4) is 0 Å². The third kappa shape index (κ3) is 2.07. The van der Waals surface area contributed by atoms with Crippen molar-refractivity contribution in [2.45, 2.75) is 6.42 Å². The number of aromatic nitrogens is 4. The molecule has 0 fully saturated rings. The Morgan fingerprint density at radius 2 is 2.05 bits per heavy atom. The molecular formula is C13H10F2N4O. The topological polar surface area (TPSA) is 63.6 Å². The van der Waals surface area contributed by atoms with E-state index < -0.39 is 17.2 Å². The minimum absolute atomic E-state index is 0.0208. The van der Waals surface area contributed by atoms with Gasteiger partial charge in [0.05, 0.1) is 17.3 Å². The van der Waals surface area contributed by atoms with Crippen molar-refractivity contribution >= 4 is 10.9 Å². The summed E-state index contributed by atoms with van der Waals surface area (Å²) in [4.78, 5) is 22.7. The van der Waals surface area contributed by atoms with Crippen LogP contribution in [0, 0.1) is 11.6 Å². The summed E-state index contributed by atoms with van der Waals surface area (Å²) in [5, 5.41) is 0.0208. The number of aryl methyl sites for hydroxylation is 1. The molecule has 0 aliphatic heterocycles. The molecule has 1 N–H and O–H groups in total. The summed E-state index contributed by atoms with van der Waals surface area (Å²) >= 11 is 0. The molecule has 0 radical (unpaired) electrons. The first-order valence-electron chi connectivity index (χ1n) is 5.89. The van der Waals surface area contributed by atoms with Crippen LogP contribution >= 0.6 is 0 Å². The van der Waals surface area contributed by atoms with Crippen molar-refractivity contribution in [2.24, 2.45) is 7.05 Å². The summed E-state index contributed by atoms with van der Waals surface area (Å²) in [7, 11) is 1.82. The van der Waals surface area contributed by atoms with E-state index in [0.29, 0.717) is 18.1 Å². The van der Waals surface area contributed by atoms with Crippen molar-refractivity contribution in [3.05, 3.63) is 58.2 Å². The largest absolute Gasteiger partial charge is 0.338 e. The van der Waals surface area contributed by atoms with Gasteiger partial charge in [0, 0.05) is 25.5 Å². The fourth-order valence-corrected chi connectivity index (χ4v) is 1.98. The highest BCUT2D eigenvalue weighted by atomic mass is 19.2. The van der Waals surface area contributed by atoms with Gasteiger partial charge < -0.3 is 9.55 Å². The smallest absolute Gasteiger partial charge is 0.258 e. The highest BCUT2D eigenvalue weighted by molar-refractivity contribution is 5.77. The zero-order valence-corrected chi connectivity index (χ0v) is 10.5. The summed E-state index contributed by atoms with van der Waals surface area (Å²) in [5.74, 6) is -1.04. The van der Waals surface area contributed by atoms with E-state index >= 15 is 0 Å². The maximum absolute atomic E-state index is 13.2. The van der Waals surface area contributed by atoms with E-state index in [2.05, 4.69) is 15.0 Å². The van der Waals surface area contributed by atoms with E-state index in [1.807, 2.05) is 7.05 Å². The number of rotatable bonds is 2. The number of aromatic amines is 1. The Kier molecular flexibility index (Phi) is 2.81. The predicted octanol–water partition coefficient (Wildman–Crippen LogP) is 1.53. The maximum atomic E-state index is 13.2. The van der Waals surface area contributed by atoms with Crippen molar-refractivity contribution in [3.63, 3.8) is 0 Å². The van der Waals surface area contributed by atoms with E-state index in [1.165, 1.54) is 0 Å². The summed E-state index contributed by atoms with van der Waals surface area (Å²) in [6.07, 6.45) is 3.70. The number of nitrogens with one attached hydrogen (secondary N) is 1. The Morgan fingerprint density at radius 1 is 1.30 bits per heavy atom. The van der Waals surface area contributed by atoms with Gasteiger partial charge in [0.1, 0.15) is 11.6 Å². The highest BCUT2D eigenvalue weighted by Crippen LogP contribution is 2.14. The fraction of sp³-hybridized carbons (Fsp3) is 0.154. The molecule has 20 heavy (non-hydrogen) atoms. The van der Waals surface area contributed by atoms with Crippen LogP contribution in [-0.2, 0) is 13.5 Å². The van der Waals surface area contributed by atoms with Gasteiger partial charge in [-0.2, -0.15) is 0 Å². The molecule has 0 saturated heterocycles. The number of hydrogen-bond acceptors (Lipinski definition) is 3. The van der Waals surface area contributed by atoms with Crippen LogP contribution in [0.2, 0.25) is 0 Å². The molecule has 0 unspecified atom stereocenters. The van der Waals surface area contributed by atoms with Gasteiger partial charge >= 0.3 is 0 Å². The van der Waals surface area contributed by atoms with E-state index in [-0.39, 0.29) is 10.9 Å². The lowest BCUT2D eigenvalue weighted by Gasteiger charge is -2.04. The van der Waals surface area contributed by atoms with Crippen LogP contribution in [0.4, 0.5) is 8.78 Å². The molecule has 2 heterocycles. The van der Waals surface area contributed by atoms with Gasteiger partial charge in [-0.3, -0.25) is 4.79 Å². The Balaban J connectivity index is 2.12. The SMILES string of the molecule is Cn1ccnc1Cc1nc2cc(F)c(F)cc2c(=O)[nH]1. The van der Waals surface area contributed by atoms with Gasteiger partial charge in [-0.15, -0.1) is 0 Å². The normalized spacial score (nSPS) is 11.2. The third-order valence-corrected chi connectivity index (χ3v) is 3.04. The molecule has 0 bridgehead atoms. The van der Waals surface area contributed by atoms with Gasteiger partial charge in [0.2, 0.25) is 0 Å². The van der Waals surface area contributed by atoms with Crippen molar-refractivity contribution < 1.29 is 8.78 Å². The van der Waals surface area contributed by atoms with E-state index in [4.69, 9.17) is 0 Å². The number of H-pyrrole nitrogens is 1. The van der Waals surface area contributed by atoms with Crippen LogP contribution in [0.1, 0.15) is 11.6 Å². The molecule has 0 atom stereocenters. The van der Waals surface area contributed by atoms with Crippen molar-refractivity contribution in [1.29, 1.82) is 0 Å². The number of benzene rings is 1. The zero-order chi connectivity index (χ0) is 14.3. The Bertz CT molecular complexity index is 853. The van der Waals surface area contributed by atoms with Gasteiger partial charge in [-0.05, 0) is 6.07 Å². The van der Waals surface area contributed by atoms with Gasteiger partial charge in [-0.25, -0.2) is 18.7 Å². The average Bonchev–Trinajstić information content (AvgIpc) is 2.78. The molecule has 0 amide bonds. The number of hydrogen-bond donors (Lipinski definition) is 1. The van der Waals surface area contributed by atoms with Crippen LogP contribution in [0.3, 0.4) is 0 Å². The van der Waals surface area contributed by atoms with E-state index in [0.717, 1.165) is 12.1 Å². The maximum Gasteiger partial charge on any atom is 0.258 e. The number of halogens is 2. The average molecular weight is 276 g/mol. The summed E-state index contributed by atoms with van der Waals surface area (Å²) < 4.78 is 28.1. The standard InChI is InChI=1S/C13H10F2N4O/c1-19-3-2-16-12(19)6-11-17-10-5-9(15)8(14)4-7(10)13(20)18-11/h2-5H,6H2,1H3,(H,17,18,20). The number of nitrogens with zero attached hydrogens (tertiary/aromatic N) is 3. The molecule has 0 aliphatic carbocycles.